The van der Waals surface area contributed by atoms with Gasteiger partial charge in [-0.15, -0.1) is 0 Å². The van der Waals surface area contributed by atoms with Crippen LogP contribution in [-0.4, -0.2) is 17.5 Å². The summed E-state index contributed by atoms with van der Waals surface area (Å²) >= 11 is 0. The molecule has 1 heterocycles. The zero-order valence-electron chi connectivity index (χ0n) is 14.0. The van der Waals surface area contributed by atoms with E-state index in [4.69, 9.17) is 9.47 Å². The summed E-state index contributed by atoms with van der Waals surface area (Å²) in [5.74, 6) is 1.70. The van der Waals surface area contributed by atoms with Crippen molar-refractivity contribution in [3.63, 3.8) is 0 Å². The van der Waals surface area contributed by atoms with Gasteiger partial charge in [-0.05, 0) is 63.1 Å². The van der Waals surface area contributed by atoms with Gasteiger partial charge in [-0.1, -0.05) is 31.6 Å². The van der Waals surface area contributed by atoms with Crippen LogP contribution in [0.2, 0.25) is 0 Å². The third-order valence-corrected chi connectivity index (χ3v) is 4.50. The lowest BCUT2D eigenvalue weighted by Gasteiger charge is -2.21. The van der Waals surface area contributed by atoms with E-state index in [9.17, 15) is 5.11 Å². The molecule has 1 aromatic carbocycles. The number of hydrogen-bond acceptors (Lipinski definition) is 3. The van der Waals surface area contributed by atoms with Gasteiger partial charge in [0, 0.05) is 0 Å². The van der Waals surface area contributed by atoms with E-state index < -0.39 is 5.60 Å². The van der Waals surface area contributed by atoms with E-state index in [1.54, 1.807) is 0 Å². The van der Waals surface area contributed by atoms with Crippen LogP contribution < -0.4 is 9.47 Å². The van der Waals surface area contributed by atoms with Crippen LogP contribution in [0.15, 0.2) is 29.8 Å². The van der Waals surface area contributed by atoms with Gasteiger partial charge < -0.3 is 14.6 Å². The molecule has 1 aromatic rings. The first-order valence-electron chi connectivity index (χ1n) is 8.33. The normalized spacial score (nSPS) is 16.6. The van der Waals surface area contributed by atoms with Crippen molar-refractivity contribution >= 4 is 0 Å². The zero-order valence-corrected chi connectivity index (χ0v) is 14.0. The molecule has 0 amide bonds. The molecular formula is C19H28O3. The molecule has 0 saturated carbocycles. The Kier molecular flexibility index (Phi) is 5.90. The maximum Gasteiger partial charge on any atom is 0.231 e. The number of allylic oxidation sites excluding steroid dienone is 2. The lowest BCUT2D eigenvalue weighted by molar-refractivity contribution is 0.0471. The summed E-state index contributed by atoms with van der Waals surface area (Å²) in [6.45, 7) is 6.48. The summed E-state index contributed by atoms with van der Waals surface area (Å²) in [5, 5.41) is 10.1. The molecule has 3 nitrogen and oxygen atoms in total. The van der Waals surface area contributed by atoms with Gasteiger partial charge in [-0.25, -0.2) is 0 Å². The lowest BCUT2D eigenvalue weighted by Crippen LogP contribution is -2.22. The topological polar surface area (TPSA) is 38.7 Å². The van der Waals surface area contributed by atoms with Crippen molar-refractivity contribution < 1.29 is 14.6 Å². The summed E-state index contributed by atoms with van der Waals surface area (Å²) in [4.78, 5) is 0. The molecule has 2 rings (SSSR count). The van der Waals surface area contributed by atoms with Gasteiger partial charge in [0.1, 0.15) is 0 Å². The fraction of sp³-hybridized carbons (Fsp3) is 0.579. The Labute approximate surface area is 134 Å². The van der Waals surface area contributed by atoms with Gasteiger partial charge in [0.25, 0.3) is 0 Å². The first-order chi connectivity index (χ1) is 10.5. The van der Waals surface area contributed by atoms with Gasteiger partial charge in [-0.2, -0.15) is 0 Å². The van der Waals surface area contributed by atoms with Crippen LogP contribution in [0.3, 0.4) is 0 Å². The lowest BCUT2D eigenvalue weighted by atomic mass is 9.93. The molecule has 0 radical (unpaired) electrons. The van der Waals surface area contributed by atoms with Crippen LogP contribution in [-0.2, 0) is 6.42 Å². The first-order valence-corrected chi connectivity index (χ1v) is 8.33. The van der Waals surface area contributed by atoms with Crippen LogP contribution in [0.25, 0.3) is 0 Å². The van der Waals surface area contributed by atoms with Gasteiger partial charge in [0.05, 0.1) is 5.60 Å². The number of rotatable bonds is 8. The Balaban J connectivity index is 1.84. The predicted octanol–water partition coefficient (Wildman–Crippen LogP) is 4.63. The highest BCUT2D eigenvalue weighted by Gasteiger charge is 2.17. The molecule has 3 heteroatoms. The molecular weight excluding hydrogens is 276 g/mol. The number of fused-ring (bicyclic) bond motifs is 1. The second kappa shape index (κ2) is 7.68. The quantitative estimate of drug-likeness (QED) is 0.712. The molecule has 1 N–H and O–H groups in total. The Hall–Kier alpha value is -1.48. The fourth-order valence-corrected chi connectivity index (χ4v) is 2.57. The average Bonchev–Trinajstić information content (AvgIpc) is 2.98. The van der Waals surface area contributed by atoms with Gasteiger partial charge in [0.2, 0.25) is 6.79 Å². The third-order valence-electron chi connectivity index (χ3n) is 4.50. The summed E-state index contributed by atoms with van der Waals surface area (Å²) in [6, 6.07) is 6.17. The number of hydrogen-bond donors (Lipinski definition) is 1. The molecule has 1 atom stereocenters. The van der Waals surface area contributed by atoms with Crippen LogP contribution in [0.1, 0.15) is 58.4 Å². The molecule has 0 spiro atoms. The van der Waals surface area contributed by atoms with Gasteiger partial charge in [0.15, 0.2) is 11.5 Å². The Morgan fingerprint density at radius 2 is 2.05 bits per heavy atom. The van der Waals surface area contributed by atoms with Crippen molar-refractivity contribution in [3.8, 4) is 11.5 Å². The highest BCUT2D eigenvalue weighted by molar-refractivity contribution is 5.44. The molecule has 1 unspecified atom stereocenters. The third kappa shape index (κ3) is 4.77. The van der Waals surface area contributed by atoms with E-state index >= 15 is 0 Å². The van der Waals surface area contributed by atoms with Gasteiger partial charge in [-0.3, -0.25) is 0 Å². The zero-order chi connectivity index (χ0) is 16.0. The molecule has 1 aliphatic heterocycles. The number of aryl methyl sites for hydroxylation is 1. The predicted molar refractivity (Wildman–Crippen MR) is 89.4 cm³/mol. The van der Waals surface area contributed by atoms with Crippen molar-refractivity contribution in [1.82, 2.24) is 0 Å². The minimum Gasteiger partial charge on any atom is -0.454 e. The van der Waals surface area contributed by atoms with Crippen LogP contribution in [0.5, 0.6) is 11.5 Å². The molecule has 0 bridgehead atoms. The second-order valence-corrected chi connectivity index (χ2v) is 6.29. The van der Waals surface area contributed by atoms with E-state index in [1.165, 1.54) is 11.1 Å². The highest BCUT2D eigenvalue weighted by atomic mass is 16.7. The maximum absolute atomic E-state index is 10.1. The molecule has 122 valence electrons. The summed E-state index contributed by atoms with van der Waals surface area (Å²) in [6.07, 6.45) is 8.05. The van der Waals surface area contributed by atoms with Crippen molar-refractivity contribution in [2.75, 3.05) is 6.79 Å². The largest absolute Gasteiger partial charge is 0.454 e. The monoisotopic (exact) mass is 304 g/mol. The second-order valence-electron chi connectivity index (χ2n) is 6.29. The van der Waals surface area contributed by atoms with Gasteiger partial charge >= 0.3 is 0 Å². The molecule has 0 fully saturated rings. The number of benzene rings is 1. The van der Waals surface area contributed by atoms with E-state index in [0.717, 1.165) is 50.0 Å². The fourth-order valence-electron chi connectivity index (χ4n) is 2.57. The highest BCUT2D eigenvalue weighted by Crippen LogP contribution is 2.32. The maximum atomic E-state index is 10.1. The van der Waals surface area contributed by atoms with E-state index in [2.05, 4.69) is 25.1 Å². The van der Waals surface area contributed by atoms with Crippen LogP contribution >= 0.6 is 0 Å². The van der Waals surface area contributed by atoms with Crippen molar-refractivity contribution in [3.05, 3.63) is 35.4 Å². The average molecular weight is 304 g/mol. The molecule has 1 aliphatic rings. The molecule has 0 saturated heterocycles. The Morgan fingerprint density at radius 3 is 2.77 bits per heavy atom. The number of ether oxygens (including phenoxy) is 2. The molecule has 0 aromatic heterocycles. The Bertz CT molecular complexity index is 517. The van der Waals surface area contributed by atoms with Crippen molar-refractivity contribution in [1.29, 1.82) is 0 Å². The summed E-state index contributed by atoms with van der Waals surface area (Å²) in [5.41, 5.74) is 2.18. The Morgan fingerprint density at radius 1 is 1.27 bits per heavy atom. The summed E-state index contributed by atoms with van der Waals surface area (Å²) < 4.78 is 10.7. The van der Waals surface area contributed by atoms with E-state index in [-0.39, 0.29) is 0 Å². The van der Waals surface area contributed by atoms with Crippen molar-refractivity contribution in [2.45, 2.75) is 64.9 Å². The summed E-state index contributed by atoms with van der Waals surface area (Å²) in [7, 11) is 0. The smallest absolute Gasteiger partial charge is 0.231 e. The van der Waals surface area contributed by atoms with Crippen molar-refractivity contribution in [2.24, 2.45) is 0 Å². The van der Waals surface area contributed by atoms with E-state index in [1.807, 2.05) is 19.9 Å². The molecule has 0 aliphatic carbocycles. The minimum absolute atomic E-state index is 0.329. The van der Waals surface area contributed by atoms with Crippen LogP contribution in [0.4, 0.5) is 0 Å². The molecule has 22 heavy (non-hydrogen) atoms. The first kappa shape index (κ1) is 16.9. The minimum atomic E-state index is -0.536. The standard InChI is InChI=1S/C19H28O3/c1-4-15(11-12-19(3,20)5-2)7-6-8-16-9-10-17-18(13-16)22-14-21-17/h7,9-10,13,20H,4-6,8,11-12,14H2,1-3H3/b15-7+. The van der Waals surface area contributed by atoms with E-state index in [0.29, 0.717) is 6.79 Å². The SMILES string of the molecule is CC/C(=C\CCc1ccc2c(c1)OCO2)CCC(C)(O)CC. The van der Waals surface area contributed by atoms with Crippen LogP contribution in [0, 0.1) is 0 Å². The number of aliphatic hydroxyl groups is 1.